The van der Waals surface area contributed by atoms with Crippen molar-refractivity contribution in [2.24, 2.45) is 0 Å². The number of halogens is 1. The van der Waals surface area contributed by atoms with Crippen LogP contribution in [0.2, 0.25) is 0 Å². The van der Waals surface area contributed by atoms with E-state index in [4.69, 9.17) is 0 Å². The highest BCUT2D eigenvalue weighted by molar-refractivity contribution is 9.10. The molecular weight excluding hydrogens is 364 g/mol. The predicted molar refractivity (Wildman–Crippen MR) is 89.9 cm³/mol. The summed E-state index contributed by atoms with van der Waals surface area (Å²) in [5.74, 6) is 0. The maximum atomic E-state index is 4.41. The number of hydrogen-bond donors (Lipinski definition) is 0. The van der Waals surface area contributed by atoms with Gasteiger partial charge in [0.15, 0.2) is 0 Å². The van der Waals surface area contributed by atoms with Crippen LogP contribution in [0.3, 0.4) is 0 Å². The van der Waals surface area contributed by atoms with Gasteiger partial charge in [-0.3, -0.25) is 0 Å². The van der Waals surface area contributed by atoms with Crippen molar-refractivity contribution in [3.63, 3.8) is 0 Å². The minimum absolute atomic E-state index is 0.987. The third kappa shape index (κ3) is 2.61. The van der Waals surface area contributed by atoms with Gasteiger partial charge in [0.1, 0.15) is 10.1 Å². The Bertz CT molecular complexity index is 836. The number of nitrogens with zero attached hydrogens (tertiary/aromatic N) is 2. The Labute approximate surface area is 139 Å². The molecule has 2 nitrogen and oxygen atoms in total. The van der Waals surface area contributed by atoms with Crippen molar-refractivity contribution in [3.8, 4) is 11.1 Å². The summed E-state index contributed by atoms with van der Waals surface area (Å²) < 4.78 is 1.09. The lowest BCUT2D eigenvalue weighted by Crippen LogP contribution is -1.94. The summed E-state index contributed by atoms with van der Waals surface area (Å²) in [6.45, 7) is 0. The Hall–Kier alpha value is -1.30. The molecular formula is C16H9BrN2S2. The highest BCUT2D eigenvalue weighted by atomic mass is 79.9. The van der Waals surface area contributed by atoms with Crippen LogP contribution < -0.4 is 0 Å². The van der Waals surface area contributed by atoms with E-state index >= 15 is 0 Å². The number of hydrogen-bond acceptors (Lipinski definition) is 4. The second-order valence-electron chi connectivity index (χ2n) is 4.54. The van der Waals surface area contributed by atoms with Crippen LogP contribution in [0.4, 0.5) is 0 Å². The van der Waals surface area contributed by atoms with Crippen molar-refractivity contribution in [1.29, 1.82) is 0 Å². The first-order valence-corrected chi connectivity index (χ1v) is 8.79. The second kappa shape index (κ2) is 5.48. The van der Waals surface area contributed by atoms with Gasteiger partial charge >= 0.3 is 0 Å². The molecule has 0 saturated heterocycles. The van der Waals surface area contributed by atoms with Crippen LogP contribution in [0.1, 0.15) is 0 Å². The molecule has 3 aromatic rings. The highest BCUT2D eigenvalue weighted by Crippen LogP contribution is 2.47. The van der Waals surface area contributed by atoms with Crippen LogP contribution >= 0.6 is 39.5 Å². The van der Waals surface area contributed by atoms with Gasteiger partial charge in [0.05, 0.1) is 0 Å². The molecule has 0 unspecified atom stereocenters. The third-order valence-corrected chi connectivity index (χ3v) is 6.02. The monoisotopic (exact) mass is 372 g/mol. The molecule has 1 aromatic heterocycles. The average Bonchev–Trinajstić information content (AvgIpc) is 2.52. The van der Waals surface area contributed by atoms with Crippen LogP contribution in [0.15, 0.2) is 79.2 Å². The molecule has 0 saturated carbocycles. The normalized spacial score (nSPS) is 12.6. The lowest BCUT2D eigenvalue weighted by atomic mass is 10.1. The van der Waals surface area contributed by atoms with E-state index in [1.807, 2.05) is 6.07 Å². The zero-order valence-corrected chi connectivity index (χ0v) is 14.0. The second-order valence-corrected chi connectivity index (χ2v) is 7.52. The summed E-state index contributed by atoms with van der Waals surface area (Å²) in [6, 6.07) is 14.9. The smallest absolute Gasteiger partial charge is 0.133 e. The van der Waals surface area contributed by atoms with Gasteiger partial charge in [0.2, 0.25) is 0 Å². The highest BCUT2D eigenvalue weighted by Gasteiger charge is 2.19. The summed E-state index contributed by atoms with van der Waals surface area (Å²) in [5, 5.41) is 1.98. The molecule has 0 radical (unpaired) electrons. The summed E-state index contributed by atoms with van der Waals surface area (Å²) in [7, 11) is 0. The summed E-state index contributed by atoms with van der Waals surface area (Å²) >= 11 is 6.90. The van der Waals surface area contributed by atoms with Crippen LogP contribution in [0, 0.1) is 0 Å². The SMILES string of the molecule is Brc1cccc(-c2ccc3c(c2)Sc2nccnc2S3)c1. The van der Waals surface area contributed by atoms with Crippen molar-refractivity contribution in [2.45, 2.75) is 19.8 Å². The van der Waals surface area contributed by atoms with Gasteiger partial charge in [-0.1, -0.05) is 57.7 Å². The molecule has 1 aliphatic heterocycles. The lowest BCUT2D eigenvalue weighted by molar-refractivity contribution is 0.908. The zero-order chi connectivity index (χ0) is 14.2. The summed E-state index contributed by atoms with van der Waals surface area (Å²) in [4.78, 5) is 11.3. The molecule has 21 heavy (non-hydrogen) atoms. The quantitative estimate of drug-likeness (QED) is 0.439. The van der Waals surface area contributed by atoms with Gasteiger partial charge < -0.3 is 0 Å². The van der Waals surface area contributed by atoms with E-state index in [9.17, 15) is 0 Å². The van der Waals surface area contributed by atoms with E-state index < -0.39 is 0 Å². The summed E-state index contributed by atoms with van der Waals surface area (Å²) in [6.07, 6.45) is 3.49. The van der Waals surface area contributed by atoms with E-state index in [0.29, 0.717) is 0 Å². The van der Waals surface area contributed by atoms with E-state index in [0.717, 1.165) is 14.5 Å². The number of aromatic nitrogens is 2. The Morgan fingerprint density at radius 2 is 1.48 bits per heavy atom. The first kappa shape index (κ1) is 13.4. The van der Waals surface area contributed by atoms with Gasteiger partial charge in [-0.25, -0.2) is 9.97 Å². The molecule has 0 spiro atoms. The molecule has 0 aliphatic carbocycles. The topological polar surface area (TPSA) is 25.8 Å². The minimum Gasteiger partial charge on any atom is -0.245 e. The molecule has 0 bridgehead atoms. The van der Waals surface area contributed by atoms with Gasteiger partial charge in [-0.05, 0) is 35.4 Å². The van der Waals surface area contributed by atoms with Crippen molar-refractivity contribution in [2.75, 3.05) is 0 Å². The third-order valence-electron chi connectivity index (χ3n) is 3.15. The van der Waals surface area contributed by atoms with E-state index in [-0.39, 0.29) is 0 Å². The van der Waals surface area contributed by atoms with Crippen molar-refractivity contribution < 1.29 is 0 Å². The zero-order valence-electron chi connectivity index (χ0n) is 10.8. The van der Waals surface area contributed by atoms with Gasteiger partial charge in [-0.15, -0.1) is 0 Å². The number of benzene rings is 2. The van der Waals surface area contributed by atoms with E-state index in [1.165, 1.54) is 20.9 Å². The van der Waals surface area contributed by atoms with Gasteiger partial charge in [-0.2, -0.15) is 0 Å². The first-order chi connectivity index (χ1) is 10.3. The fourth-order valence-electron chi connectivity index (χ4n) is 2.18. The Morgan fingerprint density at radius 1 is 0.762 bits per heavy atom. The lowest BCUT2D eigenvalue weighted by Gasteiger charge is -2.17. The Morgan fingerprint density at radius 3 is 2.24 bits per heavy atom. The molecule has 4 rings (SSSR count). The minimum atomic E-state index is 0.987. The molecule has 0 fully saturated rings. The molecule has 1 aliphatic rings. The Balaban J connectivity index is 1.76. The van der Waals surface area contributed by atoms with Crippen LogP contribution in [0.5, 0.6) is 0 Å². The van der Waals surface area contributed by atoms with Gasteiger partial charge in [0, 0.05) is 26.7 Å². The largest absolute Gasteiger partial charge is 0.245 e. The maximum Gasteiger partial charge on any atom is 0.133 e. The molecule has 5 heteroatoms. The van der Waals surface area contributed by atoms with Crippen LogP contribution in [-0.4, -0.2) is 9.97 Å². The van der Waals surface area contributed by atoms with E-state index in [2.05, 4.69) is 62.3 Å². The van der Waals surface area contributed by atoms with Crippen LogP contribution in [-0.2, 0) is 0 Å². The summed E-state index contributed by atoms with van der Waals surface area (Å²) in [5.41, 5.74) is 2.43. The molecule has 102 valence electrons. The predicted octanol–water partition coefficient (Wildman–Crippen LogP) is 5.52. The fourth-order valence-corrected chi connectivity index (χ4v) is 4.65. The molecule has 0 amide bonds. The van der Waals surface area contributed by atoms with Gasteiger partial charge in [0.25, 0.3) is 0 Å². The van der Waals surface area contributed by atoms with E-state index in [1.54, 1.807) is 35.9 Å². The molecule has 2 aromatic carbocycles. The first-order valence-electron chi connectivity index (χ1n) is 6.36. The molecule has 0 atom stereocenters. The average molecular weight is 373 g/mol. The molecule has 2 heterocycles. The number of rotatable bonds is 1. The Kier molecular flexibility index (Phi) is 3.49. The standard InChI is InChI=1S/C16H9BrN2S2/c17-12-3-1-2-10(8-12)11-4-5-13-14(9-11)21-16-15(20-13)18-6-7-19-16/h1-9H. The van der Waals surface area contributed by atoms with Crippen LogP contribution in [0.25, 0.3) is 11.1 Å². The van der Waals surface area contributed by atoms with Crippen molar-refractivity contribution >= 4 is 39.5 Å². The van der Waals surface area contributed by atoms with Crippen molar-refractivity contribution in [1.82, 2.24) is 9.97 Å². The number of fused-ring (bicyclic) bond motifs is 2. The maximum absolute atomic E-state index is 4.41. The van der Waals surface area contributed by atoms with Crippen molar-refractivity contribution in [3.05, 3.63) is 59.3 Å². The molecule has 0 N–H and O–H groups in total. The fraction of sp³-hybridized carbons (Fsp3) is 0.